The minimum Gasteiger partial charge on any atom is -0.494 e. The number of hydrogen-bond acceptors (Lipinski definition) is 3. The average Bonchev–Trinajstić information content (AvgIpc) is 2.82. The maximum Gasteiger partial charge on any atom is 0.119 e. The molecule has 1 aliphatic rings. The largest absolute Gasteiger partial charge is 0.494 e. The molecule has 1 saturated heterocycles. The van der Waals surface area contributed by atoms with E-state index in [-0.39, 0.29) is 5.92 Å². The summed E-state index contributed by atoms with van der Waals surface area (Å²) in [6.45, 7) is 8.30. The summed E-state index contributed by atoms with van der Waals surface area (Å²) in [5, 5.41) is 12.2. The maximum absolute atomic E-state index is 12.2. The van der Waals surface area contributed by atoms with E-state index < -0.39 is 5.60 Å². The number of likely N-dealkylation sites (tertiary alicyclic amines) is 1. The van der Waals surface area contributed by atoms with E-state index >= 15 is 0 Å². The van der Waals surface area contributed by atoms with E-state index in [2.05, 4.69) is 61.2 Å². The molecule has 31 heavy (non-hydrogen) atoms. The second-order valence-corrected chi connectivity index (χ2v) is 9.08. The van der Waals surface area contributed by atoms with Crippen LogP contribution in [0, 0.1) is 0 Å². The van der Waals surface area contributed by atoms with E-state index in [9.17, 15) is 5.11 Å². The van der Waals surface area contributed by atoms with Gasteiger partial charge < -0.3 is 14.7 Å². The predicted molar refractivity (Wildman–Crippen MR) is 130 cm³/mol. The van der Waals surface area contributed by atoms with Crippen molar-refractivity contribution in [3.63, 3.8) is 0 Å². The summed E-state index contributed by atoms with van der Waals surface area (Å²) in [5.74, 6) is 0.939. The van der Waals surface area contributed by atoms with Crippen LogP contribution in [0.5, 0.6) is 5.75 Å². The summed E-state index contributed by atoms with van der Waals surface area (Å²) >= 11 is 0. The van der Waals surface area contributed by atoms with Crippen molar-refractivity contribution in [3.8, 4) is 5.75 Å². The van der Waals surface area contributed by atoms with E-state index in [0.717, 1.165) is 56.8 Å². The van der Waals surface area contributed by atoms with Crippen LogP contribution >= 0.6 is 0 Å². The van der Waals surface area contributed by atoms with Crippen LogP contribution in [0.15, 0.2) is 54.6 Å². The number of piperidine rings is 1. The quantitative estimate of drug-likeness (QED) is 0.395. The molecule has 3 nitrogen and oxygen atoms in total. The van der Waals surface area contributed by atoms with Gasteiger partial charge in [0.1, 0.15) is 5.75 Å². The number of aliphatic hydroxyl groups is 1. The van der Waals surface area contributed by atoms with Gasteiger partial charge in [0, 0.05) is 12.5 Å². The summed E-state index contributed by atoms with van der Waals surface area (Å²) in [7, 11) is 0. The molecule has 2 aromatic carbocycles. The van der Waals surface area contributed by atoms with E-state index in [4.69, 9.17) is 4.74 Å². The van der Waals surface area contributed by atoms with Gasteiger partial charge in [-0.15, -0.1) is 0 Å². The minimum atomic E-state index is -0.895. The number of ether oxygens (including phenoxy) is 1. The predicted octanol–water partition coefficient (Wildman–Crippen LogP) is 6.51. The van der Waals surface area contributed by atoms with Crippen LogP contribution < -0.4 is 4.74 Å². The second kappa shape index (κ2) is 12.3. The molecule has 2 atom stereocenters. The number of hydrogen-bond donors (Lipinski definition) is 1. The van der Waals surface area contributed by atoms with Gasteiger partial charge in [0.05, 0.1) is 12.2 Å². The fraction of sp³-hybridized carbons (Fsp3) is 0.571. The zero-order chi connectivity index (χ0) is 21.9. The molecular formula is C28H41NO2. The SMILES string of the molecule is CCCCCOc1ccc([C@](O)(CCC)[C@@H](CN2CCCCC2)c2ccccc2)cc1. The van der Waals surface area contributed by atoms with Gasteiger partial charge in [0.15, 0.2) is 0 Å². The molecule has 1 N–H and O–H groups in total. The van der Waals surface area contributed by atoms with Gasteiger partial charge in [-0.25, -0.2) is 0 Å². The van der Waals surface area contributed by atoms with E-state index in [1.807, 2.05) is 12.1 Å². The van der Waals surface area contributed by atoms with Gasteiger partial charge in [-0.05, 0) is 62.0 Å². The Morgan fingerprint density at radius 3 is 2.26 bits per heavy atom. The van der Waals surface area contributed by atoms with Crippen molar-refractivity contribution in [2.75, 3.05) is 26.2 Å². The smallest absolute Gasteiger partial charge is 0.119 e. The molecule has 0 aliphatic carbocycles. The van der Waals surface area contributed by atoms with E-state index in [1.54, 1.807) is 0 Å². The lowest BCUT2D eigenvalue weighted by Crippen LogP contribution is -2.42. The fourth-order valence-electron chi connectivity index (χ4n) is 4.90. The summed E-state index contributed by atoms with van der Waals surface area (Å²) in [4.78, 5) is 2.55. The zero-order valence-corrected chi connectivity index (χ0v) is 19.6. The van der Waals surface area contributed by atoms with E-state index in [1.165, 1.54) is 37.7 Å². The van der Waals surface area contributed by atoms with Crippen LogP contribution in [0.3, 0.4) is 0 Å². The second-order valence-electron chi connectivity index (χ2n) is 9.08. The highest BCUT2D eigenvalue weighted by atomic mass is 16.5. The Morgan fingerprint density at radius 2 is 1.61 bits per heavy atom. The molecule has 0 spiro atoms. The Morgan fingerprint density at radius 1 is 0.903 bits per heavy atom. The summed E-state index contributed by atoms with van der Waals surface area (Å²) < 4.78 is 5.91. The Hall–Kier alpha value is -1.84. The van der Waals surface area contributed by atoms with Crippen molar-refractivity contribution in [2.45, 2.75) is 76.7 Å². The van der Waals surface area contributed by atoms with Crippen molar-refractivity contribution in [1.82, 2.24) is 4.90 Å². The van der Waals surface area contributed by atoms with Gasteiger partial charge in [-0.2, -0.15) is 0 Å². The van der Waals surface area contributed by atoms with Gasteiger partial charge in [0.25, 0.3) is 0 Å². The highest BCUT2D eigenvalue weighted by molar-refractivity contribution is 5.35. The van der Waals surface area contributed by atoms with Crippen LogP contribution in [-0.4, -0.2) is 36.2 Å². The first kappa shape index (κ1) is 23.8. The topological polar surface area (TPSA) is 32.7 Å². The lowest BCUT2D eigenvalue weighted by atomic mass is 9.74. The summed E-state index contributed by atoms with van der Waals surface area (Å²) in [5.41, 5.74) is 1.33. The van der Waals surface area contributed by atoms with E-state index in [0.29, 0.717) is 0 Å². The highest BCUT2D eigenvalue weighted by Crippen LogP contribution is 2.42. The molecule has 1 aliphatic heterocycles. The van der Waals surface area contributed by atoms with Crippen molar-refractivity contribution in [3.05, 3.63) is 65.7 Å². The lowest BCUT2D eigenvalue weighted by molar-refractivity contribution is -0.0152. The molecule has 1 fully saturated rings. The number of rotatable bonds is 12. The third-order valence-electron chi connectivity index (χ3n) is 6.67. The molecule has 0 saturated carbocycles. The minimum absolute atomic E-state index is 0.0445. The molecule has 3 rings (SSSR count). The molecule has 0 unspecified atom stereocenters. The van der Waals surface area contributed by atoms with Crippen molar-refractivity contribution in [2.24, 2.45) is 0 Å². The van der Waals surface area contributed by atoms with Gasteiger partial charge >= 0.3 is 0 Å². The number of nitrogens with zero attached hydrogens (tertiary/aromatic N) is 1. The van der Waals surface area contributed by atoms with Crippen LogP contribution in [0.4, 0.5) is 0 Å². The third-order valence-corrected chi connectivity index (χ3v) is 6.67. The van der Waals surface area contributed by atoms with Crippen LogP contribution in [0.2, 0.25) is 0 Å². The third kappa shape index (κ3) is 6.57. The van der Waals surface area contributed by atoms with Crippen molar-refractivity contribution >= 4 is 0 Å². The summed E-state index contributed by atoms with van der Waals surface area (Å²) in [6.07, 6.45) is 9.02. The molecule has 3 heteroatoms. The standard InChI is InChI=1S/C28H41NO2/c1-3-5-12-22-31-26-17-15-25(16-18-26)28(30,19-4-2)27(24-13-8-6-9-14-24)23-29-20-10-7-11-21-29/h6,8-9,13-18,27,30H,3-5,7,10-12,19-23H2,1-2H3/t27-,28+/m0/s1. The Balaban J connectivity index is 1.85. The highest BCUT2D eigenvalue weighted by Gasteiger charge is 2.39. The number of benzene rings is 2. The van der Waals surface area contributed by atoms with Crippen LogP contribution in [-0.2, 0) is 5.60 Å². The van der Waals surface area contributed by atoms with Crippen molar-refractivity contribution < 1.29 is 9.84 Å². The molecular weight excluding hydrogens is 382 g/mol. The Bertz CT molecular complexity index is 739. The molecule has 0 aromatic heterocycles. The van der Waals surface area contributed by atoms with Gasteiger partial charge in [0.2, 0.25) is 0 Å². The fourth-order valence-corrected chi connectivity index (χ4v) is 4.90. The first-order valence-corrected chi connectivity index (χ1v) is 12.4. The Kier molecular flexibility index (Phi) is 9.42. The molecule has 170 valence electrons. The zero-order valence-electron chi connectivity index (χ0n) is 19.6. The van der Waals surface area contributed by atoms with Crippen LogP contribution in [0.25, 0.3) is 0 Å². The molecule has 0 amide bonds. The first-order chi connectivity index (χ1) is 15.2. The lowest BCUT2D eigenvalue weighted by Gasteiger charge is -2.41. The molecule has 0 radical (unpaired) electrons. The molecule has 2 aromatic rings. The van der Waals surface area contributed by atoms with Gasteiger partial charge in [-0.3, -0.25) is 0 Å². The van der Waals surface area contributed by atoms with Gasteiger partial charge in [-0.1, -0.05) is 82.0 Å². The molecule has 1 heterocycles. The maximum atomic E-state index is 12.2. The Labute approximate surface area is 189 Å². The summed E-state index contributed by atoms with van der Waals surface area (Å²) in [6, 6.07) is 18.8. The average molecular weight is 424 g/mol. The van der Waals surface area contributed by atoms with Crippen molar-refractivity contribution in [1.29, 1.82) is 0 Å². The number of unbranched alkanes of at least 4 members (excludes halogenated alkanes) is 2. The first-order valence-electron chi connectivity index (χ1n) is 12.4. The molecule has 0 bridgehead atoms. The monoisotopic (exact) mass is 423 g/mol. The van der Waals surface area contributed by atoms with Crippen LogP contribution in [0.1, 0.15) is 82.3 Å². The normalized spacial score (nSPS) is 17.8.